The fraction of sp³-hybridized carbons (Fsp3) is 0.360. The van der Waals surface area contributed by atoms with E-state index >= 15 is 0 Å². The fourth-order valence-electron chi connectivity index (χ4n) is 3.63. The molecule has 0 spiro atoms. The van der Waals surface area contributed by atoms with Gasteiger partial charge in [0, 0.05) is 25.6 Å². The van der Waals surface area contributed by atoms with Crippen LogP contribution in [-0.4, -0.2) is 35.1 Å². The zero-order valence-corrected chi connectivity index (χ0v) is 17.8. The number of nitrogens with zero attached hydrogens (tertiary/aromatic N) is 1. The first-order valence-electron chi connectivity index (χ1n) is 10.9. The predicted molar refractivity (Wildman–Crippen MR) is 120 cm³/mol. The van der Waals surface area contributed by atoms with Crippen LogP contribution >= 0.6 is 0 Å². The molecular weight excluding hydrogens is 392 g/mol. The van der Waals surface area contributed by atoms with Crippen molar-refractivity contribution < 1.29 is 19.5 Å². The molecule has 0 radical (unpaired) electrons. The Morgan fingerprint density at radius 1 is 1.03 bits per heavy atom. The molecule has 0 atom stereocenters. The van der Waals surface area contributed by atoms with Gasteiger partial charge >= 0.3 is 0 Å². The van der Waals surface area contributed by atoms with Crippen molar-refractivity contribution in [2.75, 3.05) is 13.2 Å². The molecule has 1 aliphatic rings. The average molecular weight is 423 g/mol. The molecule has 0 saturated heterocycles. The third-order valence-corrected chi connectivity index (χ3v) is 5.41. The maximum atomic E-state index is 12.5. The van der Waals surface area contributed by atoms with E-state index in [0.29, 0.717) is 26.1 Å². The lowest BCUT2D eigenvalue weighted by Gasteiger charge is -2.28. The molecule has 0 aliphatic carbocycles. The minimum absolute atomic E-state index is 0.0336. The van der Waals surface area contributed by atoms with Crippen LogP contribution in [0.1, 0.15) is 48.8 Å². The highest BCUT2D eigenvalue weighted by Gasteiger charge is 2.19. The Morgan fingerprint density at radius 2 is 1.84 bits per heavy atom. The molecule has 2 aromatic rings. The zero-order chi connectivity index (χ0) is 21.9. The number of unbranched alkanes of at least 4 members (excludes halogenated alkanes) is 3. The number of hydrogen-bond acceptors (Lipinski definition) is 4. The molecule has 1 heterocycles. The van der Waals surface area contributed by atoms with Crippen molar-refractivity contribution in [3.63, 3.8) is 0 Å². The van der Waals surface area contributed by atoms with Crippen LogP contribution in [0.2, 0.25) is 0 Å². The molecule has 2 amide bonds. The summed E-state index contributed by atoms with van der Waals surface area (Å²) in [6.07, 6.45) is 8.29. The normalized spacial score (nSPS) is 13.1. The molecule has 3 rings (SSSR count). The van der Waals surface area contributed by atoms with E-state index in [0.717, 1.165) is 43.4 Å². The second kappa shape index (κ2) is 11.9. The van der Waals surface area contributed by atoms with Gasteiger partial charge in [-0.15, -0.1) is 0 Å². The predicted octanol–water partition coefficient (Wildman–Crippen LogP) is 4.12. The number of carbonyl (C=O) groups is 2. The van der Waals surface area contributed by atoms with Crippen LogP contribution in [0.4, 0.5) is 0 Å². The largest absolute Gasteiger partial charge is 0.494 e. The van der Waals surface area contributed by atoms with Gasteiger partial charge < -0.3 is 9.64 Å². The van der Waals surface area contributed by atoms with Crippen molar-refractivity contribution in [1.82, 2.24) is 10.4 Å². The van der Waals surface area contributed by atoms with Gasteiger partial charge in [-0.05, 0) is 54.2 Å². The monoisotopic (exact) mass is 422 g/mol. The highest BCUT2D eigenvalue weighted by atomic mass is 16.5. The molecule has 6 nitrogen and oxygen atoms in total. The Bertz CT molecular complexity index is 896. The molecule has 164 valence electrons. The highest BCUT2D eigenvalue weighted by molar-refractivity contribution is 5.91. The van der Waals surface area contributed by atoms with Crippen LogP contribution in [0.15, 0.2) is 54.6 Å². The Morgan fingerprint density at radius 3 is 2.65 bits per heavy atom. The Labute approximate surface area is 183 Å². The first-order chi connectivity index (χ1) is 15.2. The molecule has 0 saturated carbocycles. The van der Waals surface area contributed by atoms with Crippen molar-refractivity contribution in [3.8, 4) is 5.75 Å². The maximum Gasteiger partial charge on any atom is 0.246 e. The van der Waals surface area contributed by atoms with Crippen LogP contribution in [0.25, 0.3) is 6.08 Å². The Hall–Kier alpha value is -3.12. The summed E-state index contributed by atoms with van der Waals surface area (Å²) >= 11 is 0. The van der Waals surface area contributed by atoms with Gasteiger partial charge in [-0.2, -0.15) is 0 Å². The minimum atomic E-state index is -0.335. The van der Waals surface area contributed by atoms with Gasteiger partial charge in [0.25, 0.3) is 0 Å². The lowest BCUT2D eigenvalue weighted by molar-refractivity contribution is -0.129. The highest BCUT2D eigenvalue weighted by Crippen LogP contribution is 2.24. The van der Waals surface area contributed by atoms with Crippen molar-refractivity contribution in [3.05, 3.63) is 71.3 Å². The molecule has 0 unspecified atom stereocenters. The Balaban J connectivity index is 1.41. The third-order valence-electron chi connectivity index (χ3n) is 5.41. The summed E-state index contributed by atoms with van der Waals surface area (Å²) in [5, 5.41) is 8.45. The van der Waals surface area contributed by atoms with E-state index in [1.165, 1.54) is 11.1 Å². The van der Waals surface area contributed by atoms with Gasteiger partial charge in [0.2, 0.25) is 11.8 Å². The van der Waals surface area contributed by atoms with E-state index in [1.807, 2.05) is 47.4 Å². The van der Waals surface area contributed by atoms with Gasteiger partial charge in [0.1, 0.15) is 5.75 Å². The van der Waals surface area contributed by atoms with Crippen molar-refractivity contribution >= 4 is 17.9 Å². The quantitative estimate of drug-likeness (QED) is 0.261. The third kappa shape index (κ3) is 7.26. The number of hydrogen-bond donors (Lipinski definition) is 2. The van der Waals surface area contributed by atoms with Crippen LogP contribution in [0, 0.1) is 0 Å². The smallest absolute Gasteiger partial charge is 0.246 e. The van der Waals surface area contributed by atoms with Crippen LogP contribution in [0.3, 0.4) is 0 Å². The molecule has 1 aliphatic heterocycles. The van der Waals surface area contributed by atoms with Crippen LogP contribution in [-0.2, 0) is 22.6 Å². The molecule has 2 aromatic carbocycles. The molecule has 2 N–H and O–H groups in total. The summed E-state index contributed by atoms with van der Waals surface area (Å²) in [5.41, 5.74) is 5.07. The van der Waals surface area contributed by atoms with Crippen LogP contribution in [0.5, 0.6) is 5.75 Å². The number of hydroxylamine groups is 1. The van der Waals surface area contributed by atoms with Gasteiger partial charge in [-0.25, -0.2) is 5.48 Å². The summed E-state index contributed by atoms with van der Waals surface area (Å²) in [7, 11) is 0. The number of rotatable bonds is 10. The lowest BCUT2D eigenvalue weighted by atomic mass is 9.99. The van der Waals surface area contributed by atoms with Gasteiger partial charge in [0.15, 0.2) is 0 Å². The number of fused-ring (bicyclic) bond motifs is 1. The zero-order valence-electron chi connectivity index (χ0n) is 17.8. The van der Waals surface area contributed by atoms with E-state index in [9.17, 15) is 9.59 Å². The SMILES string of the molecule is O=C(CCCCCCOc1ccc2c(c1)CCN(C(=O)C=Cc1ccccc1)C2)NO. The number of amides is 2. The fourth-order valence-corrected chi connectivity index (χ4v) is 3.63. The first-order valence-corrected chi connectivity index (χ1v) is 10.9. The van der Waals surface area contributed by atoms with Crippen LogP contribution < -0.4 is 10.2 Å². The standard InChI is InChI=1S/C25H30N2O4/c28-24(26-30)10-6-1-2-7-17-31-23-13-12-22-19-27(16-15-21(22)18-23)25(29)14-11-20-8-4-3-5-9-20/h3-5,8-9,11-14,18,30H,1-2,6-7,10,15-17,19H2,(H,26,28). The number of benzene rings is 2. The summed E-state index contributed by atoms with van der Waals surface area (Å²) in [5.74, 6) is 0.561. The van der Waals surface area contributed by atoms with Gasteiger partial charge in [-0.3, -0.25) is 14.8 Å². The average Bonchev–Trinajstić information content (AvgIpc) is 2.82. The van der Waals surface area contributed by atoms with Gasteiger partial charge in [0.05, 0.1) is 6.61 Å². The van der Waals surface area contributed by atoms with Crippen molar-refractivity contribution in [2.24, 2.45) is 0 Å². The summed E-state index contributed by atoms with van der Waals surface area (Å²) in [6.45, 7) is 1.96. The molecule has 0 fully saturated rings. The summed E-state index contributed by atoms with van der Waals surface area (Å²) in [4.78, 5) is 25.3. The van der Waals surface area contributed by atoms with Crippen molar-refractivity contribution in [2.45, 2.75) is 45.1 Å². The second-order valence-electron chi connectivity index (χ2n) is 7.73. The lowest BCUT2D eigenvalue weighted by Crippen LogP contribution is -2.34. The summed E-state index contributed by atoms with van der Waals surface area (Å²) in [6, 6.07) is 15.9. The second-order valence-corrected chi connectivity index (χ2v) is 7.73. The van der Waals surface area contributed by atoms with E-state index in [-0.39, 0.29) is 11.8 Å². The summed E-state index contributed by atoms with van der Waals surface area (Å²) < 4.78 is 5.87. The molecule has 31 heavy (non-hydrogen) atoms. The number of ether oxygens (including phenoxy) is 1. The van der Waals surface area contributed by atoms with Crippen molar-refractivity contribution in [1.29, 1.82) is 0 Å². The topological polar surface area (TPSA) is 78.9 Å². The minimum Gasteiger partial charge on any atom is -0.494 e. The van der Waals surface area contributed by atoms with Gasteiger partial charge in [-0.1, -0.05) is 49.2 Å². The van der Waals surface area contributed by atoms with E-state index in [2.05, 4.69) is 12.1 Å². The number of nitrogens with one attached hydrogen (secondary N) is 1. The van der Waals surface area contributed by atoms with E-state index < -0.39 is 0 Å². The molecule has 0 aromatic heterocycles. The Kier molecular flexibility index (Phi) is 8.67. The maximum absolute atomic E-state index is 12.5. The molecule has 6 heteroatoms. The number of carbonyl (C=O) groups excluding carboxylic acids is 2. The first kappa shape index (κ1) is 22.6. The molecule has 0 bridgehead atoms. The van der Waals surface area contributed by atoms with E-state index in [4.69, 9.17) is 9.94 Å². The van der Waals surface area contributed by atoms with E-state index in [1.54, 1.807) is 11.6 Å². The molecular formula is C25H30N2O4.